The summed E-state index contributed by atoms with van der Waals surface area (Å²) in [6, 6.07) is 24.2. The van der Waals surface area contributed by atoms with Crippen LogP contribution in [0.25, 0.3) is 33.8 Å². The Balaban J connectivity index is 1.84. The molecule has 0 saturated heterocycles. The Bertz CT molecular complexity index is 951. The van der Waals surface area contributed by atoms with Gasteiger partial charge < -0.3 is 0 Å². The van der Waals surface area contributed by atoms with E-state index in [9.17, 15) is 0 Å². The SMILES string of the molecule is c1ccc(-c2nccc(-c3ccccc3-c3cccnc3)n2)cc1. The highest BCUT2D eigenvalue weighted by molar-refractivity contribution is 5.81. The number of nitrogens with zero attached hydrogens (tertiary/aromatic N) is 3. The molecule has 4 rings (SSSR count). The van der Waals surface area contributed by atoms with Gasteiger partial charge in [-0.25, -0.2) is 9.97 Å². The second kappa shape index (κ2) is 6.42. The number of aromatic nitrogens is 3. The summed E-state index contributed by atoms with van der Waals surface area (Å²) in [4.78, 5) is 13.4. The fourth-order valence-corrected chi connectivity index (χ4v) is 2.72. The van der Waals surface area contributed by atoms with Gasteiger partial charge in [0.05, 0.1) is 5.69 Å². The maximum absolute atomic E-state index is 4.77. The highest BCUT2D eigenvalue weighted by atomic mass is 14.9. The molecule has 24 heavy (non-hydrogen) atoms. The van der Waals surface area contributed by atoms with Crippen molar-refractivity contribution in [1.82, 2.24) is 15.0 Å². The fraction of sp³-hybridized carbons (Fsp3) is 0. The van der Waals surface area contributed by atoms with Crippen LogP contribution in [0.2, 0.25) is 0 Å². The third-order valence-corrected chi connectivity index (χ3v) is 3.86. The second-order valence-corrected chi connectivity index (χ2v) is 5.42. The summed E-state index contributed by atoms with van der Waals surface area (Å²) < 4.78 is 0. The van der Waals surface area contributed by atoms with Crippen LogP contribution in [-0.4, -0.2) is 15.0 Å². The van der Waals surface area contributed by atoms with E-state index >= 15 is 0 Å². The first-order valence-electron chi connectivity index (χ1n) is 7.80. The first-order chi connectivity index (χ1) is 11.9. The number of hydrogen-bond donors (Lipinski definition) is 0. The zero-order chi connectivity index (χ0) is 16.2. The number of hydrogen-bond acceptors (Lipinski definition) is 3. The number of benzene rings is 2. The van der Waals surface area contributed by atoms with Gasteiger partial charge in [0.15, 0.2) is 5.82 Å². The Morgan fingerprint density at radius 2 is 1.33 bits per heavy atom. The zero-order valence-electron chi connectivity index (χ0n) is 13.0. The van der Waals surface area contributed by atoms with E-state index in [1.54, 1.807) is 6.20 Å². The van der Waals surface area contributed by atoms with Crippen LogP contribution < -0.4 is 0 Å². The maximum atomic E-state index is 4.77. The van der Waals surface area contributed by atoms with Crippen molar-refractivity contribution in [3.63, 3.8) is 0 Å². The Hall–Kier alpha value is -3.33. The molecule has 0 unspecified atom stereocenters. The minimum absolute atomic E-state index is 0.731. The molecule has 0 atom stereocenters. The molecule has 3 nitrogen and oxygen atoms in total. The molecular weight excluding hydrogens is 294 g/mol. The van der Waals surface area contributed by atoms with Crippen LogP contribution >= 0.6 is 0 Å². The molecule has 0 aliphatic carbocycles. The standard InChI is InChI=1S/C21H15N3/c1-2-7-16(8-3-1)21-23-14-12-20(24-21)19-11-5-4-10-18(19)17-9-6-13-22-15-17/h1-15H. The predicted molar refractivity (Wildman–Crippen MR) is 96.1 cm³/mol. The van der Waals surface area contributed by atoms with Crippen LogP contribution in [-0.2, 0) is 0 Å². The molecule has 2 aromatic heterocycles. The third-order valence-electron chi connectivity index (χ3n) is 3.86. The summed E-state index contributed by atoms with van der Waals surface area (Å²) in [6.45, 7) is 0. The lowest BCUT2D eigenvalue weighted by atomic mass is 9.99. The first-order valence-corrected chi connectivity index (χ1v) is 7.80. The summed E-state index contributed by atoms with van der Waals surface area (Å²) >= 11 is 0. The normalized spacial score (nSPS) is 10.5. The summed E-state index contributed by atoms with van der Waals surface area (Å²) in [6.07, 6.45) is 5.47. The van der Waals surface area contributed by atoms with Crippen molar-refractivity contribution >= 4 is 0 Å². The second-order valence-electron chi connectivity index (χ2n) is 5.42. The van der Waals surface area contributed by atoms with Gasteiger partial charge in [-0.2, -0.15) is 0 Å². The summed E-state index contributed by atoms with van der Waals surface area (Å²) in [5.74, 6) is 0.731. The monoisotopic (exact) mass is 309 g/mol. The van der Waals surface area contributed by atoms with E-state index in [4.69, 9.17) is 4.98 Å². The van der Waals surface area contributed by atoms with Crippen LogP contribution in [0.3, 0.4) is 0 Å². The van der Waals surface area contributed by atoms with Gasteiger partial charge in [0.2, 0.25) is 0 Å². The van der Waals surface area contributed by atoms with Gasteiger partial charge in [0.25, 0.3) is 0 Å². The van der Waals surface area contributed by atoms with Crippen molar-refractivity contribution in [2.45, 2.75) is 0 Å². The van der Waals surface area contributed by atoms with Gasteiger partial charge >= 0.3 is 0 Å². The molecule has 0 radical (unpaired) electrons. The van der Waals surface area contributed by atoms with Crippen LogP contribution in [0.1, 0.15) is 0 Å². The van der Waals surface area contributed by atoms with Crippen LogP contribution in [0.5, 0.6) is 0 Å². The zero-order valence-corrected chi connectivity index (χ0v) is 13.0. The molecule has 2 heterocycles. The van der Waals surface area contributed by atoms with E-state index in [0.717, 1.165) is 33.8 Å². The molecule has 3 heteroatoms. The average Bonchev–Trinajstić information content (AvgIpc) is 2.69. The molecule has 0 spiro atoms. The van der Waals surface area contributed by atoms with Gasteiger partial charge in [-0.05, 0) is 17.7 Å². The van der Waals surface area contributed by atoms with E-state index < -0.39 is 0 Å². The molecule has 0 N–H and O–H groups in total. The molecule has 0 amide bonds. The minimum Gasteiger partial charge on any atom is -0.264 e. The van der Waals surface area contributed by atoms with Crippen molar-refractivity contribution in [1.29, 1.82) is 0 Å². The molecule has 4 aromatic rings. The highest BCUT2D eigenvalue weighted by Gasteiger charge is 2.10. The fourth-order valence-electron chi connectivity index (χ4n) is 2.72. The smallest absolute Gasteiger partial charge is 0.159 e. The minimum atomic E-state index is 0.731. The van der Waals surface area contributed by atoms with Crippen LogP contribution in [0.4, 0.5) is 0 Å². The average molecular weight is 309 g/mol. The number of pyridine rings is 1. The molecule has 114 valence electrons. The lowest BCUT2D eigenvalue weighted by Crippen LogP contribution is -1.93. The highest BCUT2D eigenvalue weighted by Crippen LogP contribution is 2.31. The number of rotatable bonds is 3. The third kappa shape index (κ3) is 2.79. The summed E-state index contributed by atoms with van der Waals surface area (Å²) in [5.41, 5.74) is 5.18. The van der Waals surface area contributed by atoms with E-state index in [2.05, 4.69) is 28.2 Å². The van der Waals surface area contributed by atoms with E-state index in [-0.39, 0.29) is 0 Å². The predicted octanol–water partition coefficient (Wildman–Crippen LogP) is 4.87. The van der Waals surface area contributed by atoms with Crippen LogP contribution in [0, 0.1) is 0 Å². The van der Waals surface area contributed by atoms with E-state index in [0.29, 0.717) is 0 Å². The molecule has 0 fully saturated rings. The Labute approximate surface area is 140 Å². The van der Waals surface area contributed by atoms with E-state index in [1.165, 1.54) is 0 Å². The van der Waals surface area contributed by atoms with Gasteiger partial charge in [0, 0.05) is 35.3 Å². The van der Waals surface area contributed by atoms with Gasteiger partial charge in [-0.1, -0.05) is 60.7 Å². The lowest BCUT2D eigenvalue weighted by molar-refractivity contribution is 1.18. The van der Waals surface area contributed by atoms with Gasteiger partial charge in [0.1, 0.15) is 0 Å². The first kappa shape index (κ1) is 14.3. The summed E-state index contributed by atoms with van der Waals surface area (Å²) in [5, 5.41) is 0. The van der Waals surface area contributed by atoms with E-state index in [1.807, 2.05) is 67.0 Å². The Morgan fingerprint density at radius 1 is 0.583 bits per heavy atom. The molecule has 0 bridgehead atoms. The van der Waals surface area contributed by atoms with Crippen molar-refractivity contribution in [2.24, 2.45) is 0 Å². The van der Waals surface area contributed by atoms with Crippen molar-refractivity contribution in [3.05, 3.63) is 91.4 Å². The van der Waals surface area contributed by atoms with Crippen molar-refractivity contribution in [3.8, 4) is 33.8 Å². The quantitative estimate of drug-likeness (QED) is 0.542. The topological polar surface area (TPSA) is 38.7 Å². The lowest BCUT2D eigenvalue weighted by Gasteiger charge is -2.10. The Morgan fingerprint density at radius 3 is 2.12 bits per heavy atom. The molecule has 0 aliphatic rings. The van der Waals surface area contributed by atoms with Crippen LogP contribution in [0.15, 0.2) is 91.4 Å². The van der Waals surface area contributed by atoms with Crippen molar-refractivity contribution in [2.75, 3.05) is 0 Å². The van der Waals surface area contributed by atoms with Gasteiger partial charge in [-0.15, -0.1) is 0 Å². The van der Waals surface area contributed by atoms with Gasteiger partial charge in [-0.3, -0.25) is 4.98 Å². The largest absolute Gasteiger partial charge is 0.264 e. The van der Waals surface area contributed by atoms with Crippen molar-refractivity contribution < 1.29 is 0 Å². The molecular formula is C21H15N3. The maximum Gasteiger partial charge on any atom is 0.159 e. The molecule has 2 aromatic carbocycles. The summed E-state index contributed by atoms with van der Waals surface area (Å²) in [7, 11) is 0. The molecule has 0 saturated carbocycles. The molecule has 0 aliphatic heterocycles. The Kier molecular flexibility index (Phi) is 3.82.